The number of aliphatic carboxylic acids is 1. The van der Waals surface area contributed by atoms with Gasteiger partial charge in [-0.05, 0) is 12.1 Å². The van der Waals surface area contributed by atoms with Gasteiger partial charge in [0.2, 0.25) is 0 Å². The number of amides is 2. The predicted octanol–water partition coefficient (Wildman–Crippen LogP) is 2.07. The van der Waals surface area contributed by atoms with Crippen molar-refractivity contribution in [1.29, 1.82) is 0 Å². The molecule has 0 bridgehead atoms. The molecule has 0 aliphatic heterocycles. The van der Waals surface area contributed by atoms with E-state index in [1.807, 2.05) is 18.2 Å². The van der Waals surface area contributed by atoms with Crippen LogP contribution in [0.2, 0.25) is 0 Å². The van der Waals surface area contributed by atoms with Gasteiger partial charge in [-0.1, -0.05) is 22.0 Å². The number of carboxylic acids is 1. The van der Waals surface area contributed by atoms with E-state index in [0.717, 1.165) is 10.0 Å². The third kappa shape index (κ3) is 5.08. The van der Waals surface area contributed by atoms with Crippen LogP contribution in [-0.2, 0) is 11.3 Å². The summed E-state index contributed by atoms with van der Waals surface area (Å²) in [5, 5.41) is 11.3. The Labute approximate surface area is 125 Å². The molecule has 7 heteroatoms. The summed E-state index contributed by atoms with van der Waals surface area (Å²) >= 11 is 3.34. The number of urea groups is 1. The summed E-state index contributed by atoms with van der Waals surface area (Å²) in [6, 6.07) is 5.20. The molecule has 0 radical (unpaired) electrons. The third-order valence-corrected chi connectivity index (χ3v) is 3.18. The second kappa shape index (κ2) is 7.74. The second-order valence-electron chi connectivity index (χ2n) is 4.18. The van der Waals surface area contributed by atoms with Crippen LogP contribution in [-0.4, -0.2) is 42.7 Å². The molecule has 0 saturated heterocycles. The van der Waals surface area contributed by atoms with E-state index in [9.17, 15) is 9.59 Å². The van der Waals surface area contributed by atoms with Gasteiger partial charge < -0.3 is 20.1 Å². The maximum Gasteiger partial charge on any atom is 0.317 e. The van der Waals surface area contributed by atoms with E-state index in [-0.39, 0.29) is 19.0 Å². The molecule has 110 valence electrons. The Morgan fingerprint density at radius 1 is 1.45 bits per heavy atom. The van der Waals surface area contributed by atoms with Crippen LogP contribution in [0, 0.1) is 0 Å². The lowest BCUT2D eigenvalue weighted by molar-refractivity contribution is -0.137. The lowest BCUT2D eigenvalue weighted by Gasteiger charge is -2.17. The number of benzene rings is 1. The van der Waals surface area contributed by atoms with Gasteiger partial charge in [0, 0.05) is 30.2 Å². The van der Waals surface area contributed by atoms with Gasteiger partial charge in [-0.2, -0.15) is 0 Å². The molecule has 0 atom stereocenters. The Balaban J connectivity index is 2.54. The number of nitrogens with zero attached hydrogens (tertiary/aromatic N) is 1. The lowest BCUT2D eigenvalue weighted by atomic mass is 10.2. The van der Waals surface area contributed by atoms with Crippen molar-refractivity contribution < 1.29 is 19.4 Å². The third-order valence-electron chi connectivity index (χ3n) is 2.69. The molecule has 6 nitrogen and oxygen atoms in total. The molecule has 0 aliphatic rings. The zero-order valence-electron chi connectivity index (χ0n) is 11.4. The Bertz CT molecular complexity index is 493. The molecular formula is C13H17BrN2O4. The number of carbonyl (C=O) groups excluding carboxylic acids is 1. The molecule has 0 aliphatic carbocycles. The van der Waals surface area contributed by atoms with E-state index in [1.54, 1.807) is 14.2 Å². The van der Waals surface area contributed by atoms with Crippen molar-refractivity contribution in [3.8, 4) is 5.75 Å². The summed E-state index contributed by atoms with van der Waals surface area (Å²) in [5.41, 5.74) is 0.843. The minimum Gasteiger partial charge on any atom is -0.496 e. The van der Waals surface area contributed by atoms with E-state index >= 15 is 0 Å². The number of carbonyl (C=O) groups is 2. The standard InChI is InChI=1S/C13H17BrN2O4/c1-16(6-5-12(17)18)13(19)15-8-9-3-4-10(14)7-11(9)20-2/h3-4,7H,5-6,8H2,1-2H3,(H,15,19)(H,17,18). The Morgan fingerprint density at radius 2 is 2.15 bits per heavy atom. The number of halogens is 1. The van der Waals surface area contributed by atoms with Crippen LogP contribution in [0.4, 0.5) is 4.79 Å². The number of carboxylic acid groups (broad SMARTS) is 1. The summed E-state index contributed by atoms with van der Waals surface area (Å²) in [4.78, 5) is 23.5. The monoisotopic (exact) mass is 344 g/mol. The summed E-state index contributed by atoms with van der Waals surface area (Å²) in [6.07, 6.45) is -0.0779. The van der Waals surface area contributed by atoms with Crippen molar-refractivity contribution in [3.63, 3.8) is 0 Å². The lowest BCUT2D eigenvalue weighted by Crippen LogP contribution is -2.38. The van der Waals surface area contributed by atoms with Crippen LogP contribution in [0.15, 0.2) is 22.7 Å². The van der Waals surface area contributed by atoms with Crippen molar-refractivity contribution in [2.45, 2.75) is 13.0 Å². The van der Waals surface area contributed by atoms with Crippen LogP contribution in [0.25, 0.3) is 0 Å². The minimum absolute atomic E-state index is 0.0779. The fourth-order valence-electron chi connectivity index (χ4n) is 1.54. The van der Waals surface area contributed by atoms with E-state index in [4.69, 9.17) is 9.84 Å². The molecular weight excluding hydrogens is 328 g/mol. The molecule has 0 heterocycles. The van der Waals surface area contributed by atoms with Gasteiger partial charge in [-0.25, -0.2) is 4.79 Å². The smallest absolute Gasteiger partial charge is 0.317 e. The molecule has 2 N–H and O–H groups in total. The Kier molecular flexibility index (Phi) is 6.30. The average molecular weight is 345 g/mol. The minimum atomic E-state index is -0.931. The molecule has 0 saturated carbocycles. The maximum absolute atomic E-state index is 11.8. The predicted molar refractivity (Wildman–Crippen MR) is 77.8 cm³/mol. The molecule has 1 rings (SSSR count). The largest absolute Gasteiger partial charge is 0.496 e. The van der Waals surface area contributed by atoms with E-state index in [2.05, 4.69) is 21.2 Å². The van der Waals surface area contributed by atoms with Crippen LogP contribution >= 0.6 is 15.9 Å². The first-order valence-corrected chi connectivity index (χ1v) is 6.76. The van der Waals surface area contributed by atoms with Crippen LogP contribution in [0.3, 0.4) is 0 Å². The van der Waals surface area contributed by atoms with E-state index in [1.165, 1.54) is 4.90 Å². The first-order chi connectivity index (χ1) is 9.43. The molecule has 0 aromatic heterocycles. The fraction of sp³-hybridized carbons (Fsp3) is 0.385. The van der Waals surface area contributed by atoms with Crippen molar-refractivity contribution in [2.75, 3.05) is 20.7 Å². The molecule has 2 amide bonds. The van der Waals surface area contributed by atoms with Crippen molar-refractivity contribution in [1.82, 2.24) is 10.2 Å². The zero-order valence-corrected chi connectivity index (χ0v) is 12.9. The Morgan fingerprint density at radius 3 is 2.75 bits per heavy atom. The highest BCUT2D eigenvalue weighted by Gasteiger charge is 2.11. The molecule has 1 aromatic carbocycles. The summed E-state index contributed by atoms with van der Waals surface area (Å²) in [6.45, 7) is 0.478. The second-order valence-corrected chi connectivity index (χ2v) is 5.10. The highest BCUT2D eigenvalue weighted by atomic mass is 79.9. The van der Waals surface area contributed by atoms with Gasteiger partial charge >= 0.3 is 12.0 Å². The van der Waals surface area contributed by atoms with Gasteiger partial charge in [-0.15, -0.1) is 0 Å². The van der Waals surface area contributed by atoms with Crippen molar-refractivity contribution >= 4 is 27.9 Å². The fourth-order valence-corrected chi connectivity index (χ4v) is 1.88. The summed E-state index contributed by atoms with van der Waals surface area (Å²) in [7, 11) is 3.11. The SMILES string of the molecule is COc1cc(Br)ccc1CNC(=O)N(C)CCC(=O)O. The molecule has 0 fully saturated rings. The number of hydrogen-bond acceptors (Lipinski definition) is 3. The summed E-state index contributed by atoms with van der Waals surface area (Å²) in [5.74, 6) is -0.257. The topological polar surface area (TPSA) is 78.9 Å². The number of nitrogens with one attached hydrogen (secondary N) is 1. The van der Waals surface area contributed by atoms with Crippen LogP contribution in [0.1, 0.15) is 12.0 Å². The number of rotatable bonds is 6. The summed E-state index contributed by atoms with van der Waals surface area (Å²) < 4.78 is 6.12. The molecule has 0 spiro atoms. The first kappa shape index (κ1) is 16.3. The molecule has 1 aromatic rings. The van der Waals surface area contributed by atoms with E-state index < -0.39 is 5.97 Å². The molecule has 0 unspecified atom stereocenters. The molecule has 20 heavy (non-hydrogen) atoms. The van der Waals surface area contributed by atoms with Crippen LogP contribution in [0.5, 0.6) is 5.75 Å². The maximum atomic E-state index is 11.8. The van der Waals surface area contributed by atoms with Gasteiger partial charge in [0.1, 0.15) is 5.75 Å². The van der Waals surface area contributed by atoms with Gasteiger partial charge in [0.15, 0.2) is 0 Å². The zero-order chi connectivity index (χ0) is 15.1. The highest BCUT2D eigenvalue weighted by Crippen LogP contribution is 2.23. The number of methoxy groups -OCH3 is 1. The van der Waals surface area contributed by atoms with Gasteiger partial charge in [0.05, 0.1) is 13.5 Å². The highest BCUT2D eigenvalue weighted by molar-refractivity contribution is 9.10. The average Bonchev–Trinajstić information content (AvgIpc) is 2.42. The number of ether oxygens (including phenoxy) is 1. The van der Waals surface area contributed by atoms with Crippen molar-refractivity contribution in [2.24, 2.45) is 0 Å². The van der Waals surface area contributed by atoms with E-state index in [0.29, 0.717) is 12.3 Å². The first-order valence-electron chi connectivity index (χ1n) is 5.97. The van der Waals surface area contributed by atoms with Crippen molar-refractivity contribution in [3.05, 3.63) is 28.2 Å². The quantitative estimate of drug-likeness (QED) is 0.827. The van der Waals surface area contributed by atoms with Crippen LogP contribution < -0.4 is 10.1 Å². The number of hydrogen-bond donors (Lipinski definition) is 2. The normalized spacial score (nSPS) is 9.95. The van der Waals surface area contributed by atoms with Gasteiger partial charge in [0.25, 0.3) is 0 Å². The Hall–Kier alpha value is -1.76. The van der Waals surface area contributed by atoms with Gasteiger partial charge in [-0.3, -0.25) is 4.79 Å².